The van der Waals surface area contributed by atoms with Gasteiger partial charge in [0.25, 0.3) is 11.8 Å². The molecule has 0 radical (unpaired) electrons. The fourth-order valence-corrected chi connectivity index (χ4v) is 5.51. The Morgan fingerprint density at radius 2 is 1.77 bits per heavy atom. The van der Waals surface area contributed by atoms with E-state index in [1.54, 1.807) is 24.3 Å². The molecule has 0 aromatic heterocycles. The molecule has 2 aromatic rings. The smallest absolute Gasteiger partial charge is 0.254 e. The third kappa shape index (κ3) is 3.71. The van der Waals surface area contributed by atoms with Gasteiger partial charge in [-0.2, -0.15) is 10.1 Å². The fraction of sp³-hybridized carbons (Fsp3) is 0.261. The maximum atomic E-state index is 12.8. The molecule has 2 aliphatic carbocycles. The van der Waals surface area contributed by atoms with Crippen molar-refractivity contribution in [1.29, 1.82) is 0 Å². The SMILES string of the molecule is O=C1[C@@H]2[C@H](C(=O)N1N=Cc1cc(Br)ccc1OCc1ccc(Cl)cc1Cl)[C@H]1C=C[C@H]2C1. The van der Waals surface area contributed by atoms with E-state index in [0.717, 1.165) is 21.5 Å². The van der Waals surface area contributed by atoms with Crippen molar-refractivity contribution >= 4 is 57.2 Å². The molecule has 2 aromatic carbocycles. The summed E-state index contributed by atoms with van der Waals surface area (Å²) in [5.74, 6) is -0.114. The van der Waals surface area contributed by atoms with E-state index < -0.39 is 0 Å². The van der Waals surface area contributed by atoms with Crippen LogP contribution in [0.2, 0.25) is 10.0 Å². The lowest BCUT2D eigenvalue weighted by Gasteiger charge is -2.13. The first kappa shape index (κ1) is 20.7. The lowest BCUT2D eigenvalue weighted by atomic mass is 9.85. The highest BCUT2D eigenvalue weighted by atomic mass is 79.9. The maximum Gasteiger partial charge on any atom is 0.254 e. The third-order valence-electron chi connectivity index (χ3n) is 6.13. The molecule has 8 heteroatoms. The van der Waals surface area contributed by atoms with E-state index in [9.17, 15) is 9.59 Å². The van der Waals surface area contributed by atoms with Gasteiger partial charge < -0.3 is 4.74 Å². The zero-order valence-electron chi connectivity index (χ0n) is 16.2. The Morgan fingerprint density at radius 3 is 2.45 bits per heavy atom. The number of rotatable bonds is 5. The molecular weight excluding hydrogens is 503 g/mol. The summed E-state index contributed by atoms with van der Waals surface area (Å²) in [6.45, 7) is 0.235. The van der Waals surface area contributed by atoms with Crippen molar-refractivity contribution in [2.45, 2.75) is 13.0 Å². The minimum absolute atomic E-state index is 0.153. The van der Waals surface area contributed by atoms with Crippen LogP contribution in [-0.4, -0.2) is 23.0 Å². The molecule has 0 unspecified atom stereocenters. The van der Waals surface area contributed by atoms with Crippen LogP contribution in [0.1, 0.15) is 17.5 Å². The molecule has 31 heavy (non-hydrogen) atoms. The van der Waals surface area contributed by atoms with E-state index in [-0.39, 0.29) is 42.1 Å². The van der Waals surface area contributed by atoms with Gasteiger partial charge in [0, 0.05) is 25.6 Å². The molecule has 4 atom stereocenters. The molecule has 5 rings (SSSR count). The highest BCUT2D eigenvalue weighted by molar-refractivity contribution is 9.10. The summed E-state index contributed by atoms with van der Waals surface area (Å²) >= 11 is 15.6. The van der Waals surface area contributed by atoms with Gasteiger partial charge in [-0.3, -0.25) is 9.59 Å². The van der Waals surface area contributed by atoms with Crippen molar-refractivity contribution < 1.29 is 14.3 Å². The number of amides is 2. The van der Waals surface area contributed by atoms with E-state index in [2.05, 4.69) is 33.2 Å². The van der Waals surface area contributed by atoms with Gasteiger partial charge in [0.05, 0.1) is 18.1 Å². The summed E-state index contributed by atoms with van der Waals surface area (Å²) in [5.41, 5.74) is 1.43. The number of hydrazone groups is 1. The van der Waals surface area contributed by atoms with Crippen molar-refractivity contribution in [1.82, 2.24) is 5.01 Å². The van der Waals surface area contributed by atoms with Crippen LogP contribution in [0.4, 0.5) is 0 Å². The third-order valence-corrected chi connectivity index (χ3v) is 7.21. The molecule has 1 saturated carbocycles. The van der Waals surface area contributed by atoms with Gasteiger partial charge in [-0.1, -0.05) is 57.4 Å². The number of carbonyl (C=O) groups is 2. The minimum atomic E-state index is -0.273. The fourth-order valence-electron chi connectivity index (χ4n) is 4.67. The molecule has 3 aliphatic rings. The summed E-state index contributed by atoms with van der Waals surface area (Å²) in [4.78, 5) is 25.7. The number of hydrogen-bond donors (Lipinski definition) is 0. The minimum Gasteiger partial charge on any atom is -0.488 e. The Bertz CT molecular complexity index is 1120. The summed E-state index contributed by atoms with van der Waals surface area (Å²) in [6, 6.07) is 10.7. The van der Waals surface area contributed by atoms with Crippen LogP contribution in [0, 0.1) is 23.7 Å². The van der Waals surface area contributed by atoms with E-state index >= 15 is 0 Å². The summed E-state index contributed by atoms with van der Waals surface area (Å²) in [5, 5.41) is 6.36. The van der Waals surface area contributed by atoms with Crippen LogP contribution < -0.4 is 4.74 Å². The predicted octanol–water partition coefficient (Wildman–Crippen LogP) is 5.48. The van der Waals surface area contributed by atoms with Crippen LogP contribution >= 0.6 is 39.1 Å². The average Bonchev–Trinajstić information content (AvgIpc) is 3.41. The van der Waals surface area contributed by atoms with Crippen LogP contribution in [-0.2, 0) is 16.2 Å². The molecule has 1 saturated heterocycles. The number of benzene rings is 2. The first-order chi connectivity index (χ1) is 14.9. The van der Waals surface area contributed by atoms with Gasteiger partial charge in [-0.15, -0.1) is 0 Å². The van der Waals surface area contributed by atoms with Crippen LogP contribution in [0.15, 0.2) is 58.1 Å². The monoisotopic (exact) mass is 518 g/mol. The summed E-state index contributed by atoms with van der Waals surface area (Å²) < 4.78 is 6.77. The van der Waals surface area contributed by atoms with Gasteiger partial charge in [-0.05, 0) is 48.6 Å². The topological polar surface area (TPSA) is 59.0 Å². The number of imide groups is 1. The molecule has 2 bridgehead atoms. The molecular formula is C23H17BrCl2N2O3. The Kier molecular flexibility index (Phi) is 5.40. The Balaban J connectivity index is 1.36. The van der Waals surface area contributed by atoms with Gasteiger partial charge in [-0.25, -0.2) is 0 Å². The molecule has 1 heterocycles. The second-order valence-corrected chi connectivity index (χ2v) is 9.70. The van der Waals surface area contributed by atoms with Crippen LogP contribution in [0.5, 0.6) is 5.75 Å². The molecule has 2 fully saturated rings. The van der Waals surface area contributed by atoms with E-state index in [1.165, 1.54) is 6.21 Å². The zero-order chi connectivity index (χ0) is 21.7. The lowest BCUT2D eigenvalue weighted by Crippen LogP contribution is -2.28. The van der Waals surface area contributed by atoms with Crippen LogP contribution in [0.25, 0.3) is 0 Å². The van der Waals surface area contributed by atoms with Gasteiger partial charge in [0.1, 0.15) is 12.4 Å². The van der Waals surface area contributed by atoms with Crippen molar-refractivity contribution in [3.8, 4) is 5.75 Å². The van der Waals surface area contributed by atoms with Crippen molar-refractivity contribution in [2.75, 3.05) is 0 Å². The average molecular weight is 520 g/mol. The normalized spacial score (nSPS) is 26.4. The number of nitrogens with zero attached hydrogens (tertiary/aromatic N) is 2. The van der Waals surface area contributed by atoms with E-state index in [0.29, 0.717) is 21.4 Å². The first-order valence-corrected chi connectivity index (χ1v) is 11.4. The van der Waals surface area contributed by atoms with Gasteiger partial charge in [0.15, 0.2) is 0 Å². The molecule has 0 N–H and O–H groups in total. The largest absolute Gasteiger partial charge is 0.488 e. The molecule has 5 nitrogen and oxygen atoms in total. The van der Waals surface area contributed by atoms with Crippen molar-refractivity contribution in [2.24, 2.45) is 28.8 Å². The number of hydrogen-bond acceptors (Lipinski definition) is 4. The lowest BCUT2D eigenvalue weighted by molar-refractivity contribution is -0.140. The van der Waals surface area contributed by atoms with Gasteiger partial charge >= 0.3 is 0 Å². The highest BCUT2D eigenvalue weighted by Gasteiger charge is 2.59. The number of halogens is 3. The second-order valence-electron chi connectivity index (χ2n) is 7.94. The van der Waals surface area contributed by atoms with Crippen molar-refractivity contribution in [3.63, 3.8) is 0 Å². The Morgan fingerprint density at radius 1 is 1.06 bits per heavy atom. The number of carbonyl (C=O) groups excluding carboxylic acids is 2. The quantitative estimate of drug-likeness (QED) is 0.298. The molecule has 1 aliphatic heterocycles. The van der Waals surface area contributed by atoms with Gasteiger partial charge in [0.2, 0.25) is 0 Å². The van der Waals surface area contributed by atoms with E-state index in [4.69, 9.17) is 27.9 Å². The maximum absolute atomic E-state index is 12.8. The summed E-state index contributed by atoms with van der Waals surface area (Å²) in [6.07, 6.45) is 6.51. The Labute approximate surface area is 197 Å². The molecule has 158 valence electrons. The number of fused-ring (bicyclic) bond motifs is 5. The van der Waals surface area contributed by atoms with Crippen molar-refractivity contribution in [3.05, 3.63) is 74.2 Å². The molecule has 0 spiro atoms. The highest BCUT2D eigenvalue weighted by Crippen LogP contribution is 2.52. The zero-order valence-corrected chi connectivity index (χ0v) is 19.3. The first-order valence-electron chi connectivity index (χ1n) is 9.89. The molecule has 2 amide bonds. The van der Waals surface area contributed by atoms with E-state index in [1.807, 2.05) is 12.1 Å². The Hall–Kier alpha value is -2.15. The predicted molar refractivity (Wildman–Crippen MR) is 122 cm³/mol. The number of ether oxygens (including phenoxy) is 1. The summed E-state index contributed by atoms with van der Waals surface area (Å²) in [7, 11) is 0. The number of allylic oxidation sites excluding steroid dienone is 2. The standard InChI is InChI=1S/C23H17BrCl2N2O3/c24-16-4-6-19(31-11-14-3-5-17(25)9-18(14)26)15(8-16)10-27-28-22(29)20-12-1-2-13(7-12)21(20)23(28)30/h1-6,8-10,12-13,20-21H,7,11H2/t12-,13-,20-,21+/m0/s1. The van der Waals surface area contributed by atoms with Crippen LogP contribution in [0.3, 0.4) is 0 Å². The second kappa shape index (κ2) is 8.08.